The molecule has 0 amide bonds. The molecule has 2 unspecified atom stereocenters. The lowest BCUT2D eigenvalue weighted by molar-refractivity contribution is -0.137. The smallest absolute Gasteiger partial charge is 0.337 e. The van der Waals surface area contributed by atoms with Gasteiger partial charge in [-0.15, -0.1) is 0 Å². The van der Waals surface area contributed by atoms with E-state index in [9.17, 15) is 9.59 Å². The Morgan fingerprint density at radius 1 is 0.692 bits per heavy atom. The van der Waals surface area contributed by atoms with E-state index in [1.807, 2.05) is 24.3 Å². The van der Waals surface area contributed by atoms with E-state index in [0.717, 1.165) is 11.1 Å². The summed E-state index contributed by atoms with van der Waals surface area (Å²) in [5.41, 5.74) is 3.84. The zero-order valence-electron chi connectivity index (χ0n) is 21.7. The normalized spacial score (nSPS) is 18.8. The number of nitrogens with one attached hydrogen (secondary N) is 4. The van der Waals surface area contributed by atoms with Crippen molar-refractivity contribution in [3.63, 3.8) is 0 Å². The number of methoxy groups -OCH3 is 2. The fourth-order valence-electron chi connectivity index (χ4n) is 4.33. The fraction of sp³-hybridized carbons (Fsp3) is 0.259. The monoisotopic (exact) mass is 568 g/mol. The molecule has 39 heavy (non-hydrogen) atoms. The van der Waals surface area contributed by atoms with Crippen LogP contribution in [0.4, 0.5) is 0 Å². The minimum absolute atomic E-state index is 0.0249. The Bertz CT molecular complexity index is 1250. The first-order valence-electron chi connectivity index (χ1n) is 11.9. The number of esters is 2. The lowest BCUT2D eigenvalue weighted by Crippen LogP contribution is -2.45. The highest BCUT2D eigenvalue weighted by Gasteiger charge is 2.31. The lowest BCUT2D eigenvalue weighted by atomic mass is 9.95. The number of benzene rings is 2. The van der Waals surface area contributed by atoms with Crippen molar-refractivity contribution in [2.75, 3.05) is 21.0 Å². The molecule has 0 saturated heterocycles. The summed E-state index contributed by atoms with van der Waals surface area (Å²) in [5, 5.41) is 13.0. The van der Waals surface area contributed by atoms with E-state index < -0.39 is 24.0 Å². The highest BCUT2D eigenvalue weighted by Crippen LogP contribution is 2.30. The molecule has 12 heteroatoms. The van der Waals surface area contributed by atoms with Gasteiger partial charge >= 0.3 is 11.9 Å². The highest BCUT2D eigenvalue weighted by molar-refractivity contribution is 7.80. The van der Waals surface area contributed by atoms with E-state index in [1.165, 1.54) is 14.2 Å². The summed E-state index contributed by atoms with van der Waals surface area (Å²) in [6.45, 7) is 3.53. The zero-order valence-corrected chi connectivity index (χ0v) is 23.4. The number of carbonyl (C=O) groups is 2. The van der Waals surface area contributed by atoms with Crippen LogP contribution in [-0.2, 0) is 19.1 Å². The fourth-order valence-corrected chi connectivity index (χ4v) is 4.87. The molecule has 204 valence electrons. The standard InChI is InChI=1S/C27H28N4O6S2/c1-14-20(24(32)34-3)22(30-26(38)28-14)16-5-9-18(10-6-16)36-13-37-19-11-7-17(8-12-19)23-21(25(33)35-4)15(2)29-27(39)31-23/h5-12,22-23H,13H2,1-4H3,(H2,28,30,38)(H2,29,31,39). The van der Waals surface area contributed by atoms with Crippen molar-refractivity contribution < 1.29 is 28.5 Å². The number of hydrogen-bond acceptors (Lipinski definition) is 8. The molecular weight excluding hydrogens is 540 g/mol. The lowest BCUT2D eigenvalue weighted by Gasteiger charge is -2.29. The van der Waals surface area contributed by atoms with Gasteiger partial charge in [-0.1, -0.05) is 24.3 Å². The second-order valence-electron chi connectivity index (χ2n) is 8.67. The topological polar surface area (TPSA) is 119 Å². The van der Waals surface area contributed by atoms with Gasteiger partial charge in [-0.2, -0.15) is 0 Å². The minimum atomic E-state index is -0.447. The average molecular weight is 569 g/mol. The number of rotatable bonds is 8. The molecular formula is C27H28N4O6S2. The Morgan fingerprint density at radius 2 is 1.05 bits per heavy atom. The zero-order chi connectivity index (χ0) is 28.1. The van der Waals surface area contributed by atoms with Crippen molar-refractivity contribution in [1.29, 1.82) is 0 Å². The van der Waals surface area contributed by atoms with Gasteiger partial charge in [-0.25, -0.2) is 9.59 Å². The molecule has 2 aliphatic heterocycles. The molecule has 0 saturated carbocycles. The first-order valence-corrected chi connectivity index (χ1v) is 12.7. The molecule has 10 nitrogen and oxygen atoms in total. The van der Waals surface area contributed by atoms with Gasteiger partial charge in [0.25, 0.3) is 0 Å². The van der Waals surface area contributed by atoms with Crippen LogP contribution in [0.15, 0.2) is 71.1 Å². The van der Waals surface area contributed by atoms with Gasteiger partial charge in [0, 0.05) is 11.4 Å². The molecule has 0 aromatic heterocycles. The molecule has 0 bridgehead atoms. The third-order valence-electron chi connectivity index (χ3n) is 6.23. The SMILES string of the molecule is COC(=O)C1=C(C)NC(=S)NC1c1ccc(OCOc2ccc(C3NC(=S)NC(C)=C3C(=O)OC)cc2)cc1. The van der Waals surface area contributed by atoms with E-state index in [1.54, 1.807) is 38.1 Å². The number of hydrogen-bond donors (Lipinski definition) is 4. The second kappa shape index (κ2) is 12.1. The molecule has 2 atom stereocenters. The van der Waals surface area contributed by atoms with Gasteiger partial charge in [-0.3, -0.25) is 0 Å². The summed E-state index contributed by atoms with van der Waals surface area (Å²) in [5.74, 6) is 0.294. The summed E-state index contributed by atoms with van der Waals surface area (Å²) in [6.07, 6.45) is 0. The van der Waals surface area contributed by atoms with Crippen molar-refractivity contribution in [2.45, 2.75) is 25.9 Å². The summed E-state index contributed by atoms with van der Waals surface area (Å²) in [7, 11) is 2.68. The maximum absolute atomic E-state index is 12.3. The van der Waals surface area contributed by atoms with E-state index in [4.69, 9.17) is 43.4 Å². The first kappa shape index (κ1) is 27.9. The van der Waals surface area contributed by atoms with Crippen LogP contribution < -0.4 is 30.7 Å². The van der Waals surface area contributed by atoms with Crippen LogP contribution in [0.1, 0.15) is 37.1 Å². The minimum Gasteiger partial charge on any atom is -0.466 e. The quantitative estimate of drug-likeness (QED) is 0.213. The molecule has 2 aromatic carbocycles. The summed E-state index contributed by atoms with van der Waals surface area (Å²) < 4.78 is 21.4. The molecule has 2 heterocycles. The van der Waals surface area contributed by atoms with Crippen LogP contribution in [0.2, 0.25) is 0 Å². The molecule has 0 radical (unpaired) electrons. The predicted octanol–water partition coefficient (Wildman–Crippen LogP) is 3.03. The van der Waals surface area contributed by atoms with E-state index >= 15 is 0 Å². The molecule has 2 aliphatic rings. The number of thiocarbonyl (C=S) groups is 2. The van der Waals surface area contributed by atoms with Crippen molar-refractivity contribution in [3.8, 4) is 11.5 Å². The Hall–Kier alpha value is -4.16. The van der Waals surface area contributed by atoms with Gasteiger partial charge in [0.15, 0.2) is 10.2 Å². The molecule has 0 aliphatic carbocycles. The van der Waals surface area contributed by atoms with Crippen LogP contribution in [0.5, 0.6) is 11.5 Å². The molecule has 0 fully saturated rings. The largest absolute Gasteiger partial charge is 0.466 e. The summed E-state index contributed by atoms with van der Waals surface area (Å²) in [4.78, 5) is 24.7. The number of allylic oxidation sites excluding steroid dienone is 2. The van der Waals surface area contributed by atoms with Crippen molar-refractivity contribution >= 4 is 46.6 Å². The van der Waals surface area contributed by atoms with Crippen LogP contribution in [0.25, 0.3) is 0 Å². The molecule has 4 N–H and O–H groups in total. The summed E-state index contributed by atoms with van der Waals surface area (Å²) >= 11 is 10.5. The maximum atomic E-state index is 12.3. The van der Waals surface area contributed by atoms with Crippen LogP contribution in [0, 0.1) is 0 Å². The Labute approximate surface area is 236 Å². The average Bonchev–Trinajstić information content (AvgIpc) is 2.92. The van der Waals surface area contributed by atoms with Crippen LogP contribution in [-0.4, -0.2) is 43.2 Å². The number of carbonyl (C=O) groups excluding carboxylic acids is 2. The van der Waals surface area contributed by atoms with E-state index in [2.05, 4.69) is 21.3 Å². The molecule has 4 rings (SSSR count). The maximum Gasteiger partial charge on any atom is 0.337 e. The van der Waals surface area contributed by atoms with Crippen molar-refractivity contribution in [2.24, 2.45) is 0 Å². The van der Waals surface area contributed by atoms with Crippen molar-refractivity contribution in [3.05, 3.63) is 82.2 Å². The number of ether oxygens (including phenoxy) is 4. The third-order valence-corrected chi connectivity index (χ3v) is 6.67. The third kappa shape index (κ3) is 6.29. The Kier molecular flexibility index (Phi) is 8.67. The van der Waals surface area contributed by atoms with Crippen LogP contribution in [0.3, 0.4) is 0 Å². The van der Waals surface area contributed by atoms with Crippen LogP contribution >= 0.6 is 24.4 Å². The van der Waals surface area contributed by atoms with Gasteiger partial charge in [0.2, 0.25) is 6.79 Å². The predicted molar refractivity (Wildman–Crippen MR) is 152 cm³/mol. The first-order chi connectivity index (χ1) is 18.7. The van der Waals surface area contributed by atoms with Gasteiger partial charge in [0.1, 0.15) is 11.5 Å². The van der Waals surface area contributed by atoms with E-state index in [-0.39, 0.29) is 6.79 Å². The second-order valence-corrected chi connectivity index (χ2v) is 9.48. The molecule has 2 aromatic rings. The van der Waals surface area contributed by atoms with Gasteiger partial charge in [0.05, 0.1) is 37.4 Å². The Morgan fingerprint density at radius 3 is 1.38 bits per heavy atom. The summed E-state index contributed by atoms with van der Waals surface area (Å²) in [6, 6.07) is 13.6. The van der Waals surface area contributed by atoms with Gasteiger partial charge in [-0.05, 0) is 73.7 Å². The molecule has 0 spiro atoms. The Balaban J connectivity index is 1.38. The van der Waals surface area contributed by atoms with Crippen molar-refractivity contribution in [1.82, 2.24) is 21.3 Å². The van der Waals surface area contributed by atoms with E-state index in [0.29, 0.717) is 44.3 Å². The highest BCUT2D eigenvalue weighted by atomic mass is 32.1. The van der Waals surface area contributed by atoms with Gasteiger partial charge < -0.3 is 40.2 Å².